The molecular weight excluding hydrogens is 382 g/mol. The molecule has 0 spiro atoms. The zero-order valence-corrected chi connectivity index (χ0v) is 20.0. The highest BCUT2D eigenvalue weighted by Crippen LogP contribution is 2.44. The molecule has 0 aromatic heterocycles. The van der Waals surface area contributed by atoms with E-state index >= 15 is 0 Å². The zero-order chi connectivity index (χ0) is 21.8. The number of hydrogen-bond acceptors (Lipinski definition) is 4. The SMILES string of the molecule is CC(C)[Si](O[C@@H]1CCC(=O)N(C(=O)OCc2ccccc2)[C@H]1C)(C(C)C)C(C)C. The highest BCUT2D eigenvalue weighted by molar-refractivity contribution is 6.77. The van der Waals surface area contributed by atoms with Gasteiger partial charge in [0.05, 0.1) is 12.1 Å². The van der Waals surface area contributed by atoms with Gasteiger partial charge in [-0.05, 0) is 35.5 Å². The number of carbonyl (C=O) groups is 2. The fourth-order valence-electron chi connectivity index (χ4n) is 4.91. The Bertz CT molecular complexity index is 668. The first-order chi connectivity index (χ1) is 13.6. The fourth-order valence-corrected chi connectivity index (χ4v) is 10.6. The third kappa shape index (κ3) is 5.09. The number of carbonyl (C=O) groups excluding carboxylic acids is 2. The number of nitrogens with zero attached hydrogens (tertiary/aromatic N) is 1. The molecular formula is C23H37NO4Si. The first-order valence-electron chi connectivity index (χ1n) is 10.8. The lowest BCUT2D eigenvalue weighted by Crippen LogP contribution is -2.58. The maximum Gasteiger partial charge on any atom is 0.417 e. The molecule has 1 fully saturated rings. The molecule has 5 nitrogen and oxygen atoms in total. The van der Waals surface area contributed by atoms with Gasteiger partial charge in [-0.15, -0.1) is 0 Å². The molecule has 1 saturated heterocycles. The molecule has 1 aromatic carbocycles. The summed E-state index contributed by atoms with van der Waals surface area (Å²) in [6, 6.07) is 9.18. The van der Waals surface area contributed by atoms with E-state index in [0.717, 1.165) is 5.56 Å². The molecule has 0 N–H and O–H groups in total. The second-order valence-corrected chi connectivity index (χ2v) is 14.5. The molecule has 1 heterocycles. The summed E-state index contributed by atoms with van der Waals surface area (Å²) in [7, 11) is -2.10. The van der Waals surface area contributed by atoms with E-state index in [9.17, 15) is 9.59 Å². The van der Waals surface area contributed by atoms with Gasteiger partial charge in [0.1, 0.15) is 6.61 Å². The summed E-state index contributed by atoms with van der Waals surface area (Å²) >= 11 is 0. The molecule has 0 radical (unpaired) electrons. The number of amides is 2. The maximum atomic E-state index is 12.7. The Morgan fingerprint density at radius 3 is 2.14 bits per heavy atom. The van der Waals surface area contributed by atoms with Crippen LogP contribution in [0.1, 0.15) is 66.9 Å². The number of benzene rings is 1. The van der Waals surface area contributed by atoms with Gasteiger partial charge in [0, 0.05) is 6.42 Å². The summed E-state index contributed by atoms with van der Waals surface area (Å²) in [6.45, 7) is 15.5. The van der Waals surface area contributed by atoms with Crippen LogP contribution in [0.25, 0.3) is 0 Å². The minimum absolute atomic E-state index is 0.143. The quantitative estimate of drug-likeness (QED) is 0.517. The van der Waals surface area contributed by atoms with E-state index in [1.54, 1.807) is 0 Å². The highest BCUT2D eigenvalue weighted by atomic mass is 28.4. The Labute approximate surface area is 176 Å². The van der Waals surface area contributed by atoms with E-state index in [-0.39, 0.29) is 24.7 Å². The maximum absolute atomic E-state index is 12.7. The standard InChI is InChI=1S/C23H37NO4Si/c1-16(2)29(17(3)4,18(5)6)28-21-13-14-22(25)24(19(21)7)23(26)27-15-20-11-9-8-10-12-20/h8-12,16-19,21H,13-15H2,1-7H3/t19-,21+/m0/s1. The van der Waals surface area contributed by atoms with Gasteiger partial charge in [0.25, 0.3) is 0 Å². The lowest BCUT2D eigenvalue weighted by atomic mass is 10.0. The van der Waals surface area contributed by atoms with Gasteiger partial charge >= 0.3 is 6.09 Å². The van der Waals surface area contributed by atoms with Gasteiger partial charge in [-0.1, -0.05) is 71.9 Å². The van der Waals surface area contributed by atoms with Crippen LogP contribution >= 0.6 is 0 Å². The van der Waals surface area contributed by atoms with Crippen molar-refractivity contribution in [2.45, 2.75) is 96.7 Å². The summed E-state index contributed by atoms with van der Waals surface area (Å²) in [5, 5.41) is 0. The van der Waals surface area contributed by atoms with Gasteiger partial charge in [-0.2, -0.15) is 0 Å². The number of likely N-dealkylation sites (tertiary alicyclic amines) is 1. The molecule has 0 saturated carbocycles. The van der Waals surface area contributed by atoms with Gasteiger partial charge < -0.3 is 9.16 Å². The van der Waals surface area contributed by atoms with Crippen molar-refractivity contribution in [3.63, 3.8) is 0 Å². The topological polar surface area (TPSA) is 55.8 Å². The first kappa shape index (κ1) is 23.6. The minimum atomic E-state index is -2.10. The van der Waals surface area contributed by atoms with Gasteiger partial charge in [-0.25, -0.2) is 9.69 Å². The van der Waals surface area contributed by atoms with E-state index in [2.05, 4.69) is 41.5 Å². The molecule has 0 unspecified atom stereocenters. The van der Waals surface area contributed by atoms with Gasteiger partial charge in [0.2, 0.25) is 14.2 Å². The molecule has 29 heavy (non-hydrogen) atoms. The fraction of sp³-hybridized carbons (Fsp3) is 0.652. The van der Waals surface area contributed by atoms with Crippen molar-refractivity contribution in [2.24, 2.45) is 0 Å². The van der Waals surface area contributed by atoms with Crippen LogP contribution in [0.3, 0.4) is 0 Å². The van der Waals surface area contributed by atoms with Crippen LogP contribution in [0.15, 0.2) is 30.3 Å². The molecule has 1 aromatic rings. The third-order valence-corrected chi connectivity index (χ3v) is 12.4. The van der Waals surface area contributed by atoms with Crippen molar-refractivity contribution in [1.29, 1.82) is 0 Å². The van der Waals surface area contributed by atoms with Crippen LogP contribution in [-0.4, -0.2) is 37.4 Å². The zero-order valence-electron chi connectivity index (χ0n) is 19.0. The Morgan fingerprint density at radius 2 is 1.62 bits per heavy atom. The highest BCUT2D eigenvalue weighted by Gasteiger charge is 2.49. The Morgan fingerprint density at radius 1 is 1.07 bits per heavy atom. The molecule has 162 valence electrons. The number of rotatable bonds is 7. The Kier molecular flexibility index (Phi) is 8.06. The number of piperidine rings is 1. The van der Waals surface area contributed by atoms with Crippen LogP contribution < -0.4 is 0 Å². The lowest BCUT2D eigenvalue weighted by Gasteiger charge is -2.48. The second kappa shape index (κ2) is 9.89. The van der Waals surface area contributed by atoms with E-state index in [4.69, 9.17) is 9.16 Å². The van der Waals surface area contributed by atoms with E-state index in [1.807, 2.05) is 37.3 Å². The number of ether oxygens (including phenoxy) is 1. The van der Waals surface area contributed by atoms with Gasteiger partial charge in [-0.3, -0.25) is 4.79 Å². The van der Waals surface area contributed by atoms with Crippen molar-refractivity contribution >= 4 is 20.3 Å². The molecule has 2 rings (SSSR count). The van der Waals surface area contributed by atoms with Crippen molar-refractivity contribution in [1.82, 2.24) is 4.90 Å². The van der Waals surface area contributed by atoms with Gasteiger partial charge in [0.15, 0.2) is 0 Å². The molecule has 6 heteroatoms. The predicted octanol–water partition coefficient (Wildman–Crippen LogP) is 5.89. The Hall–Kier alpha value is -1.66. The summed E-state index contributed by atoms with van der Waals surface area (Å²) < 4.78 is 12.4. The molecule has 1 aliphatic rings. The van der Waals surface area contributed by atoms with E-state index in [1.165, 1.54) is 4.90 Å². The van der Waals surface area contributed by atoms with Crippen molar-refractivity contribution in [2.75, 3.05) is 0 Å². The molecule has 1 aliphatic heterocycles. The summed E-state index contributed by atoms with van der Waals surface area (Å²) in [5.41, 5.74) is 2.25. The lowest BCUT2D eigenvalue weighted by molar-refractivity contribution is -0.138. The van der Waals surface area contributed by atoms with Crippen LogP contribution in [0.5, 0.6) is 0 Å². The van der Waals surface area contributed by atoms with E-state index < -0.39 is 14.4 Å². The van der Waals surface area contributed by atoms with Crippen LogP contribution in [-0.2, 0) is 20.6 Å². The average Bonchev–Trinajstić information content (AvgIpc) is 2.66. The molecule has 2 atom stereocenters. The van der Waals surface area contributed by atoms with Crippen LogP contribution in [0.4, 0.5) is 4.79 Å². The van der Waals surface area contributed by atoms with Crippen molar-refractivity contribution in [3.05, 3.63) is 35.9 Å². The smallest absolute Gasteiger partial charge is 0.417 e. The molecule has 0 aliphatic carbocycles. The van der Waals surface area contributed by atoms with E-state index in [0.29, 0.717) is 29.5 Å². The third-order valence-electron chi connectivity index (χ3n) is 6.32. The monoisotopic (exact) mass is 419 g/mol. The largest absolute Gasteiger partial charge is 0.444 e. The van der Waals surface area contributed by atoms with Crippen LogP contribution in [0, 0.1) is 0 Å². The normalized spacial score (nSPS) is 20.6. The second-order valence-electron chi connectivity index (χ2n) is 9.06. The van der Waals surface area contributed by atoms with Crippen molar-refractivity contribution < 1.29 is 18.8 Å². The number of hydrogen-bond donors (Lipinski definition) is 0. The summed E-state index contributed by atoms with van der Waals surface area (Å²) in [5.74, 6) is -0.179. The average molecular weight is 420 g/mol. The van der Waals surface area contributed by atoms with Crippen LogP contribution in [0.2, 0.25) is 16.6 Å². The summed E-state index contributed by atoms with van der Waals surface area (Å²) in [4.78, 5) is 26.6. The summed E-state index contributed by atoms with van der Waals surface area (Å²) in [6.07, 6.45) is 0.249. The Balaban J connectivity index is 2.15. The predicted molar refractivity (Wildman–Crippen MR) is 118 cm³/mol. The minimum Gasteiger partial charge on any atom is -0.444 e. The number of imide groups is 1. The molecule has 2 amide bonds. The van der Waals surface area contributed by atoms with Crippen molar-refractivity contribution in [3.8, 4) is 0 Å². The molecule has 0 bridgehead atoms. The first-order valence-corrected chi connectivity index (χ1v) is 13.0.